The third-order valence-electron chi connectivity index (χ3n) is 5.51. The molecule has 1 aliphatic heterocycles. The fourth-order valence-corrected chi connectivity index (χ4v) is 6.62. The molecule has 4 aromatic carbocycles. The van der Waals surface area contributed by atoms with E-state index in [-0.39, 0.29) is 0 Å². The fraction of sp³-hybridized carbons (Fsp3) is 0.200. The monoisotopic (exact) mass is 387 g/mol. The number of hydrogen-bond donors (Lipinski definition) is 1. The van der Waals surface area contributed by atoms with Crippen molar-refractivity contribution in [3.63, 3.8) is 0 Å². The van der Waals surface area contributed by atoms with Gasteiger partial charge in [-0.3, -0.25) is 0 Å². The lowest BCUT2D eigenvalue weighted by atomic mass is 10.0. The highest BCUT2D eigenvalue weighted by Crippen LogP contribution is 2.36. The molecule has 0 aromatic heterocycles. The molecule has 0 amide bonds. The van der Waals surface area contributed by atoms with Crippen molar-refractivity contribution in [2.45, 2.75) is 24.0 Å². The molecule has 1 fully saturated rings. The van der Waals surface area contributed by atoms with Crippen molar-refractivity contribution in [1.82, 2.24) is 0 Å². The van der Waals surface area contributed by atoms with E-state index in [0.717, 1.165) is 27.5 Å². The molecule has 0 spiro atoms. The number of ether oxygens (including phenoxy) is 1. The molecule has 140 valence electrons. The van der Waals surface area contributed by atoms with Gasteiger partial charge >= 0.3 is 0 Å². The van der Waals surface area contributed by atoms with Crippen LogP contribution >= 0.6 is 0 Å². The Morgan fingerprint density at radius 1 is 0.714 bits per heavy atom. The summed E-state index contributed by atoms with van der Waals surface area (Å²) in [6.45, 7) is 0. The largest absolute Gasteiger partial charge is 0.460 e. The molecule has 1 atom stereocenters. The normalized spacial score (nSPS) is 15.9. The first kappa shape index (κ1) is 17.6. The van der Waals surface area contributed by atoms with Crippen LogP contribution in [0.25, 0.3) is 21.5 Å². The Labute approximate surface area is 168 Å². The first-order chi connectivity index (χ1) is 13.8. The van der Waals surface area contributed by atoms with Crippen LogP contribution in [-0.4, -0.2) is 16.6 Å². The second-order valence-electron chi connectivity index (χ2n) is 7.25. The van der Waals surface area contributed by atoms with Crippen molar-refractivity contribution >= 4 is 32.4 Å². The standard InChI is InChI=1S/C25H23O2S/c26-25(22-13-7-9-18-8-1-2-10-19(18)22)27-23-14-15-24(28-16-5-6-17-28)21-12-4-3-11-20(21)23/h1-4,7-15,25-26H,5-6,16-17H2/q+1. The van der Waals surface area contributed by atoms with Crippen LogP contribution in [0.15, 0.2) is 83.8 Å². The Balaban J connectivity index is 1.54. The smallest absolute Gasteiger partial charge is 0.224 e. The van der Waals surface area contributed by atoms with Crippen LogP contribution in [0.5, 0.6) is 5.75 Å². The fourth-order valence-electron chi connectivity index (χ4n) is 4.12. The quantitative estimate of drug-likeness (QED) is 0.352. The Hall–Kier alpha value is -2.49. The summed E-state index contributed by atoms with van der Waals surface area (Å²) >= 11 is 0. The van der Waals surface area contributed by atoms with E-state index in [2.05, 4.69) is 36.4 Å². The summed E-state index contributed by atoms with van der Waals surface area (Å²) in [7, 11) is 0.341. The minimum Gasteiger partial charge on any atom is -0.460 e. The Morgan fingerprint density at radius 3 is 2.21 bits per heavy atom. The van der Waals surface area contributed by atoms with Gasteiger partial charge in [0.2, 0.25) is 6.29 Å². The minimum absolute atomic E-state index is 0.341. The van der Waals surface area contributed by atoms with E-state index < -0.39 is 6.29 Å². The van der Waals surface area contributed by atoms with Crippen LogP contribution in [0.4, 0.5) is 0 Å². The van der Waals surface area contributed by atoms with Gasteiger partial charge < -0.3 is 9.84 Å². The van der Waals surface area contributed by atoms with E-state index in [9.17, 15) is 5.11 Å². The van der Waals surface area contributed by atoms with Gasteiger partial charge in [-0.05, 0) is 41.8 Å². The molecule has 0 bridgehead atoms. The van der Waals surface area contributed by atoms with Crippen molar-refractivity contribution in [1.29, 1.82) is 0 Å². The van der Waals surface area contributed by atoms with Crippen LogP contribution in [0.2, 0.25) is 0 Å². The van der Waals surface area contributed by atoms with Gasteiger partial charge in [-0.15, -0.1) is 0 Å². The Kier molecular flexibility index (Phi) is 4.71. The van der Waals surface area contributed by atoms with Crippen molar-refractivity contribution in [2.24, 2.45) is 0 Å². The third kappa shape index (κ3) is 3.15. The molecule has 2 nitrogen and oxygen atoms in total. The molecule has 5 rings (SSSR count). The van der Waals surface area contributed by atoms with E-state index >= 15 is 0 Å². The Morgan fingerprint density at radius 2 is 1.39 bits per heavy atom. The first-order valence-electron chi connectivity index (χ1n) is 9.83. The number of rotatable bonds is 4. The maximum atomic E-state index is 10.9. The second-order valence-corrected chi connectivity index (χ2v) is 9.50. The average molecular weight is 388 g/mol. The van der Waals surface area contributed by atoms with Gasteiger partial charge in [0, 0.05) is 27.2 Å². The summed E-state index contributed by atoms with van der Waals surface area (Å²) in [5.74, 6) is 3.33. The highest BCUT2D eigenvalue weighted by molar-refractivity contribution is 7.97. The van der Waals surface area contributed by atoms with Gasteiger partial charge in [-0.25, -0.2) is 0 Å². The number of aliphatic hydroxyl groups excluding tert-OH is 1. The number of aliphatic hydroxyl groups is 1. The number of hydrogen-bond acceptors (Lipinski definition) is 2. The van der Waals surface area contributed by atoms with Crippen LogP contribution in [-0.2, 0) is 10.9 Å². The third-order valence-corrected chi connectivity index (χ3v) is 8.06. The number of fused-ring (bicyclic) bond motifs is 2. The molecular weight excluding hydrogens is 364 g/mol. The van der Waals surface area contributed by atoms with Crippen LogP contribution < -0.4 is 4.74 Å². The van der Waals surface area contributed by atoms with Crippen LogP contribution in [0.1, 0.15) is 24.7 Å². The summed E-state index contributed by atoms with van der Waals surface area (Å²) in [6.07, 6.45) is 1.65. The van der Waals surface area contributed by atoms with E-state index in [1.54, 1.807) is 0 Å². The summed E-state index contributed by atoms with van der Waals surface area (Å²) in [5, 5.41) is 15.4. The summed E-state index contributed by atoms with van der Waals surface area (Å²) in [4.78, 5) is 1.44. The highest BCUT2D eigenvalue weighted by Gasteiger charge is 2.29. The average Bonchev–Trinajstić information content (AvgIpc) is 3.28. The molecule has 28 heavy (non-hydrogen) atoms. The van der Waals surface area contributed by atoms with Gasteiger partial charge in [0.05, 0.1) is 0 Å². The maximum Gasteiger partial charge on any atom is 0.224 e. The lowest BCUT2D eigenvalue weighted by Gasteiger charge is -2.18. The number of benzene rings is 4. The first-order valence-corrected chi connectivity index (χ1v) is 11.4. The van der Waals surface area contributed by atoms with Gasteiger partial charge in [0.25, 0.3) is 0 Å². The van der Waals surface area contributed by atoms with E-state index in [4.69, 9.17) is 4.74 Å². The van der Waals surface area contributed by atoms with E-state index in [0.29, 0.717) is 10.9 Å². The molecule has 1 saturated heterocycles. The molecular formula is C25H23O2S+. The maximum absolute atomic E-state index is 10.9. The molecule has 0 saturated carbocycles. The molecule has 4 aromatic rings. The zero-order valence-electron chi connectivity index (χ0n) is 15.7. The molecule has 1 N–H and O–H groups in total. The lowest BCUT2D eigenvalue weighted by molar-refractivity contribution is -0.0171. The zero-order chi connectivity index (χ0) is 18.9. The molecule has 1 unspecified atom stereocenters. The summed E-state index contributed by atoms with van der Waals surface area (Å²) in [6, 6.07) is 26.7. The second kappa shape index (κ2) is 7.50. The van der Waals surface area contributed by atoms with Crippen molar-refractivity contribution < 1.29 is 9.84 Å². The minimum atomic E-state index is -1.01. The van der Waals surface area contributed by atoms with Crippen LogP contribution in [0, 0.1) is 0 Å². The van der Waals surface area contributed by atoms with E-state index in [1.165, 1.54) is 34.6 Å². The lowest BCUT2D eigenvalue weighted by Crippen LogP contribution is -2.09. The van der Waals surface area contributed by atoms with Gasteiger partial charge in [-0.2, -0.15) is 0 Å². The topological polar surface area (TPSA) is 29.5 Å². The summed E-state index contributed by atoms with van der Waals surface area (Å²) < 4.78 is 6.10. The van der Waals surface area contributed by atoms with E-state index in [1.807, 2.05) is 42.5 Å². The van der Waals surface area contributed by atoms with Gasteiger partial charge in [0.1, 0.15) is 17.3 Å². The van der Waals surface area contributed by atoms with Crippen LogP contribution in [0.3, 0.4) is 0 Å². The molecule has 1 aliphatic rings. The predicted molar refractivity (Wildman–Crippen MR) is 118 cm³/mol. The van der Waals surface area contributed by atoms with Gasteiger partial charge in [-0.1, -0.05) is 60.7 Å². The summed E-state index contributed by atoms with van der Waals surface area (Å²) in [5.41, 5.74) is 0.795. The van der Waals surface area contributed by atoms with Gasteiger partial charge in [0.15, 0.2) is 4.90 Å². The molecule has 1 heterocycles. The van der Waals surface area contributed by atoms with Crippen molar-refractivity contribution in [3.8, 4) is 5.75 Å². The molecule has 3 heteroatoms. The SMILES string of the molecule is OC(Oc1ccc([S+]2CCCC2)c2ccccc12)c1cccc2ccccc12. The Bertz CT molecular complexity index is 1130. The predicted octanol–water partition coefficient (Wildman–Crippen LogP) is 5.83. The zero-order valence-corrected chi connectivity index (χ0v) is 16.5. The van der Waals surface area contributed by atoms with Crippen molar-refractivity contribution in [3.05, 3.63) is 84.4 Å². The highest BCUT2D eigenvalue weighted by atomic mass is 32.2. The molecule has 0 aliphatic carbocycles. The molecule has 0 radical (unpaired) electrons. The van der Waals surface area contributed by atoms with Crippen molar-refractivity contribution in [2.75, 3.05) is 11.5 Å².